The van der Waals surface area contributed by atoms with Crippen LogP contribution in [0.5, 0.6) is 0 Å². The monoisotopic (exact) mass is 441 g/mol. The molecule has 0 aliphatic carbocycles. The number of amides is 2. The highest BCUT2D eigenvalue weighted by molar-refractivity contribution is 5.93. The summed E-state index contributed by atoms with van der Waals surface area (Å²) in [5.74, 6) is -1.77. The van der Waals surface area contributed by atoms with E-state index in [1.165, 1.54) is 30.7 Å². The van der Waals surface area contributed by atoms with Gasteiger partial charge in [-0.25, -0.2) is 14.6 Å². The quantitative estimate of drug-likeness (QED) is 0.443. The van der Waals surface area contributed by atoms with Crippen molar-refractivity contribution in [3.05, 3.63) is 77.9 Å². The van der Waals surface area contributed by atoms with E-state index in [1.807, 2.05) is 0 Å². The van der Waals surface area contributed by atoms with Crippen molar-refractivity contribution in [1.29, 1.82) is 0 Å². The van der Waals surface area contributed by atoms with E-state index in [4.69, 9.17) is 18.3 Å². The van der Waals surface area contributed by atoms with Crippen molar-refractivity contribution in [3.8, 4) is 0 Å². The average Bonchev–Trinajstić information content (AvgIpc) is 3.52. The smallest absolute Gasteiger partial charge is 0.357 e. The van der Waals surface area contributed by atoms with Crippen LogP contribution in [-0.4, -0.2) is 42.0 Å². The number of pyridine rings is 1. The van der Waals surface area contributed by atoms with Crippen LogP contribution >= 0.6 is 0 Å². The molecule has 3 heterocycles. The van der Waals surface area contributed by atoms with Gasteiger partial charge in [0.2, 0.25) is 0 Å². The predicted octanol–water partition coefficient (Wildman–Crippen LogP) is 1.21. The van der Waals surface area contributed by atoms with Gasteiger partial charge in [0.15, 0.2) is 13.2 Å². The van der Waals surface area contributed by atoms with Crippen LogP contribution < -0.4 is 10.6 Å². The summed E-state index contributed by atoms with van der Waals surface area (Å²) in [4.78, 5) is 51.6. The predicted molar refractivity (Wildman–Crippen MR) is 106 cm³/mol. The number of ether oxygens (including phenoxy) is 2. The number of aromatic nitrogens is 1. The Bertz CT molecular complexity index is 979. The van der Waals surface area contributed by atoms with Gasteiger partial charge in [-0.05, 0) is 36.4 Å². The number of nitrogens with one attached hydrogen (secondary N) is 2. The molecule has 0 aliphatic heterocycles. The number of nitrogens with zero attached hydrogens (tertiary/aromatic N) is 1. The molecule has 2 amide bonds. The van der Waals surface area contributed by atoms with Crippen molar-refractivity contribution in [2.24, 2.45) is 0 Å². The van der Waals surface area contributed by atoms with Crippen LogP contribution in [-0.2, 0) is 32.2 Å². The van der Waals surface area contributed by atoms with Gasteiger partial charge in [0.1, 0.15) is 22.9 Å². The molecule has 3 rings (SSSR count). The molecule has 0 spiro atoms. The number of furan rings is 2. The first-order valence-corrected chi connectivity index (χ1v) is 9.40. The maximum Gasteiger partial charge on any atom is 0.357 e. The molecule has 0 radical (unpaired) electrons. The van der Waals surface area contributed by atoms with Crippen LogP contribution in [0.1, 0.15) is 32.5 Å². The summed E-state index contributed by atoms with van der Waals surface area (Å²) in [6.45, 7) is -0.770. The normalized spacial score (nSPS) is 10.2. The average molecular weight is 441 g/mol. The van der Waals surface area contributed by atoms with Gasteiger partial charge >= 0.3 is 11.9 Å². The standard InChI is InChI=1S/C21H19N3O8/c25-18(22-10-14-4-2-8-29-14)12-31-20(27)16-6-1-7-17(24-16)21(28)32-13-19(26)23-11-15-5-3-9-30-15/h1-9H,10-13H2,(H,22,25)(H,23,26). The lowest BCUT2D eigenvalue weighted by Crippen LogP contribution is -2.29. The van der Waals surface area contributed by atoms with Gasteiger partial charge in [-0.3, -0.25) is 9.59 Å². The lowest BCUT2D eigenvalue weighted by molar-refractivity contribution is -0.125. The van der Waals surface area contributed by atoms with Crippen LogP contribution in [0.4, 0.5) is 0 Å². The molecule has 0 saturated heterocycles. The molecular weight excluding hydrogens is 422 g/mol. The van der Waals surface area contributed by atoms with Gasteiger partial charge in [0.05, 0.1) is 25.6 Å². The number of esters is 2. The first-order valence-electron chi connectivity index (χ1n) is 9.40. The first kappa shape index (κ1) is 22.3. The number of carbonyl (C=O) groups excluding carboxylic acids is 4. The van der Waals surface area contributed by atoms with Gasteiger partial charge in [0.25, 0.3) is 11.8 Å². The Labute approximate surface area is 181 Å². The summed E-state index contributed by atoms with van der Waals surface area (Å²) in [5, 5.41) is 5.04. The molecule has 166 valence electrons. The van der Waals surface area contributed by atoms with Gasteiger partial charge in [-0.15, -0.1) is 0 Å². The number of hydrogen-bond donors (Lipinski definition) is 2. The zero-order chi connectivity index (χ0) is 22.8. The molecule has 11 nitrogen and oxygen atoms in total. The van der Waals surface area contributed by atoms with E-state index < -0.39 is 37.0 Å². The Balaban J connectivity index is 1.42. The van der Waals surface area contributed by atoms with Crippen molar-refractivity contribution in [2.75, 3.05) is 13.2 Å². The van der Waals surface area contributed by atoms with Gasteiger partial charge in [-0.1, -0.05) is 6.07 Å². The Morgan fingerprint density at radius 3 is 1.59 bits per heavy atom. The molecule has 0 atom stereocenters. The topological polar surface area (TPSA) is 150 Å². The second-order valence-corrected chi connectivity index (χ2v) is 6.27. The fourth-order valence-corrected chi connectivity index (χ4v) is 2.37. The van der Waals surface area contributed by atoms with E-state index in [-0.39, 0.29) is 24.5 Å². The number of hydrogen-bond acceptors (Lipinski definition) is 9. The highest BCUT2D eigenvalue weighted by Gasteiger charge is 2.17. The summed E-state index contributed by atoms with van der Waals surface area (Å²) < 4.78 is 19.9. The molecule has 32 heavy (non-hydrogen) atoms. The van der Waals surface area contributed by atoms with E-state index in [1.54, 1.807) is 24.3 Å². The van der Waals surface area contributed by atoms with Crippen LogP contribution in [0.25, 0.3) is 0 Å². The van der Waals surface area contributed by atoms with Crippen molar-refractivity contribution < 1.29 is 37.5 Å². The molecule has 0 aromatic carbocycles. The lowest BCUT2D eigenvalue weighted by Gasteiger charge is -2.07. The third-order valence-electron chi connectivity index (χ3n) is 3.92. The van der Waals surface area contributed by atoms with E-state index in [2.05, 4.69) is 15.6 Å². The van der Waals surface area contributed by atoms with Crippen LogP contribution in [0.15, 0.2) is 63.8 Å². The van der Waals surface area contributed by atoms with E-state index in [9.17, 15) is 19.2 Å². The maximum atomic E-state index is 12.1. The van der Waals surface area contributed by atoms with Crippen LogP contribution in [0.3, 0.4) is 0 Å². The van der Waals surface area contributed by atoms with Crippen LogP contribution in [0, 0.1) is 0 Å². The summed E-state index contributed by atoms with van der Waals surface area (Å²) in [7, 11) is 0. The van der Waals surface area contributed by atoms with Gasteiger partial charge in [-0.2, -0.15) is 0 Å². The van der Waals surface area contributed by atoms with Crippen molar-refractivity contribution in [3.63, 3.8) is 0 Å². The minimum atomic E-state index is -0.899. The molecule has 0 bridgehead atoms. The Morgan fingerprint density at radius 1 is 0.719 bits per heavy atom. The van der Waals surface area contributed by atoms with E-state index in [0.29, 0.717) is 11.5 Å². The zero-order valence-electron chi connectivity index (χ0n) is 16.7. The highest BCUT2D eigenvalue weighted by Crippen LogP contribution is 2.04. The molecule has 0 aliphatic rings. The molecule has 0 unspecified atom stereocenters. The summed E-state index contributed by atoms with van der Waals surface area (Å²) in [6, 6.07) is 10.8. The largest absolute Gasteiger partial charge is 0.467 e. The third kappa shape index (κ3) is 6.83. The molecular formula is C21H19N3O8. The minimum absolute atomic E-state index is 0.151. The lowest BCUT2D eigenvalue weighted by atomic mass is 10.3. The first-order chi connectivity index (χ1) is 15.5. The Kier molecular flexibility index (Phi) is 7.73. The molecule has 0 fully saturated rings. The van der Waals surface area contributed by atoms with Crippen LogP contribution in [0.2, 0.25) is 0 Å². The third-order valence-corrected chi connectivity index (χ3v) is 3.92. The fraction of sp³-hybridized carbons (Fsp3) is 0.190. The highest BCUT2D eigenvalue weighted by atomic mass is 16.5. The molecule has 11 heteroatoms. The Morgan fingerprint density at radius 2 is 1.19 bits per heavy atom. The van der Waals surface area contributed by atoms with Crippen molar-refractivity contribution in [2.45, 2.75) is 13.1 Å². The van der Waals surface area contributed by atoms with Crippen molar-refractivity contribution in [1.82, 2.24) is 15.6 Å². The molecule has 3 aromatic heterocycles. The van der Waals surface area contributed by atoms with E-state index >= 15 is 0 Å². The van der Waals surface area contributed by atoms with E-state index in [0.717, 1.165) is 0 Å². The number of carbonyl (C=O) groups is 4. The second-order valence-electron chi connectivity index (χ2n) is 6.27. The summed E-state index contributed by atoms with van der Waals surface area (Å²) in [6.07, 6.45) is 2.94. The minimum Gasteiger partial charge on any atom is -0.467 e. The SMILES string of the molecule is O=C(COC(=O)c1cccc(C(=O)OCC(=O)NCc2ccco2)n1)NCc1ccco1. The molecule has 3 aromatic rings. The zero-order valence-corrected chi connectivity index (χ0v) is 16.7. The van der Waals surface area contributed by atoms with Gasteiger partial charge < -0.3 is 28.9 Å². The number of rotatable bonds is 10. The van der Waals surface area contributed by atoms with Crippen molar-refractivity contribution >= 4 is 23.8 Å². The fourth-order valence-electron chi connectivity index (χ4n) is 2.37. The second kappa shape index (κ2) is 11.1. The summed E-state index contributed by atoms with van der Waals surface area (Å²) in [5.41, 5.74) is -0.388. The maximum absolute atomic E-state index is 12.1. The summed E-state index contributed by atoms with van der Waals surface area (Å²) >= 11 is 0. The van der Waals surface area contributed by atoms with Gasteiger partial charge in [0, 0.05) is 0 Å². The molecule has 0 saturated carbocycles. The molecule has 2 N–H and O–H groups in total. The Hall–Kier alpha value is -4.41.